The second-order valence-electron chi connectivity index (χ2n) is 4.47. The normalized spacial score (nSPS) is 20.4. The maximum Gasteiger partial charge on any atom is 0.159 e. The number of allylic oxidation sites excluding steroid dienone is 1. The Balaban J connectivity index is 2.60. The Morgan fingerprint density at radius 2 is 1.93 bits per heavy atom. The molecule has 14 heavy (non-hydrogen) atoms. The lowest BCUT2D eigenvalue weighted by atomic mass is 9.78. The van der Waals surface area contributed by atoms with Crippen molar-refractivity contribution >= 4 is 5.78 Å². The summed E-state index contributed by atoms with van der Waals surface area (Å²) >= 11 is 0. The third kappa shape index (κ3) is 2.68. The molecule has 2 heteroatoms. The summed E-state index contributed by atoms with van der Waals surface area (Å²) in [6, 6.07) is 0. The van der Waals surface area contributed by atoms with Crippen molar-refractivity contribution < 1.29 is 4.79 Å². The van der Waals surface area contributed by atoms with Crippen molar-refractivity contribution in [3.05, 3.63) is 12.2 Å². The standard InChI is InChI=1S/C12H21NO/c1-10(2)11(14)9-12(13-3)7-5-4-6-8-12/h13H,1,4-9H2,2-3H3. The van der Waals surface area contributed by atoms with Gasteiger partial charge in [-0.2, -0.15) is 0 Å². The predicted octanol–water partition coefficient (Wildman–Crippen LogP) is 2.44. The zero-order valence-electron chi connectivity index (χ0n) is 9.36. The largest absolute Gasteiger partial charge is 0.314 e. The highest BCUT2D eigenvalue weighted by atomic mass is 16.1. The summed E-state index contributed by atoms with van der Waals surface area (Å²) in [5.74, 6) is 0.209. The first-order valence-corrected chi connectivity index (χ1v) is 5.47. The number of rotatable bonds is 4. The predicted molar refractivity (Wildman–Crippen MR) is 59.3 cm³/mol. The van der Waals surface area contributed by atoms with E-state index >= 15 is 0 Å². The fourth-order valence-electron chi connectivity index (χ4n) is 2.20. The van der Waals surface area contributed by atoms with Crippen LogP contribution < -0.4 is 5.32 Å². The van der Waals surface area contributed by atoms with Crippen molar-refractivity contribution in [2.75, 3.05) is 7.05 Å². The van der Waals surface area contributed by atoms with Crippen LogP contribution in [0.3, 0.4) is 0 Å². The van der Waals surface area contributed by atoms with Crippen LogP contribution in [0.1, 0.15) is 45.4 Å². The Kier molecular flexibility index (Phi) is 3.87. The maximum atomic E-state index is 11.6. The lowest BCUT2D eigenvalue weighted by molar-refractivity contribution is -0.117. The molecule has 80 valence electrons. The number of hydrogen-bond acceptors (Lipinski definition) is 2. The van der Waals surface area contributed by atoms with E-state index in [0.717, 1.165) is 12.8 Å². The summed E-state index contributed by atoms with van der Waals surface area (Å²) in [5.41, 5.74) is 0.749. The van der Waals surface area contributed by atoms with Gasteiger partial charge in [0.25, 0.3) is 0 Å². The zero-order valence-corrected chi connectivity index (χ0v) is 9.36. The molecule has 0 bridgehead atoms. The smallest absolute Gasteiger partial charge is 0.159 e. The summed E-state index contributed by atoms with van der Waals surface area (Å²) in [6.07, 6.45) is 6.67. The monoisotopic (exact) mass is 195 g/mol. The molecule has 0 unspecified atom stereocenters. The lowest BCUT2D eigenvalue weighted by Gasteiger charge is -2.36. The van der Waals surface area contributed by atoms with Gasteiger partial charge < -0.3 is 5.32 Å². The van der Waals surface area contributed by atoms with Crippen LogP contribution in [0.4, 0.5) is 0 Å². The highest BCUT2D eigenvalue weighted by Gasteiger charge is 2.32. The number of carbonyl (C=O) groups is 1. The first-order chi connectivity index (χ1) is 6.59. The highest BCUT2D eigenvalue weighted by Crippen LogP contribution is 2.31. The molecule has 0 aromatic carbocycles. The number of hydrogen-bond donors (Lipinski definition) is 1. The summed E-state index contributed by atoms with van der Waals surface area (Å²) in [4.78, 5) is 11.6. The van der Waals surface area contributed by atoms with Crippen LogP contribution in [0.2, 0.25) is 0 Å². The van der Waals surface area contributed by atoms with Crippen molar-refractivity contribution in [2.24, 2.45) is 0 Å². The Morgan fingerprint density at radius 3 is 2.36 bits per heavy atom. The van der Waals surface area contributed by atoms with Gasteiger partial charge in [-0.1, -0.05) is 25.8 Å². The molecule has 1 aliphatic carbocycles. The van der Waals surface area contributed by atoms with E-state index in [2.05, 4.69) is 11.9 Å². The Bertz CT molecular complexity index is 226. The van der Waals surface area contributed by atoms with Crippen molar-refractivity contribution in [3.8, 4) is 0 Å². The minimum atomic E-state index is 0.0638. The van der Waals surface area contributed by atoms with Gasteiger partial charge >= 0.3 is 0 Å². The van der Waals surface area contributed by atoms with Crippen LogP contribution in [-0.4, -0.2) is 18.4 Å². The van der Waals surface area contributed by atoms with Crippen LogP contribution >= 0.6 is 0 Å². The molecule has 0 aromatic rings. The molecule has 0 saturated heterocycles. The molecule has 0 radical (unpaired) electrons. The number of ketones is 1. The van der Waals surface area contributed by atoms with E-state index in [1.807, 2.05) is 7.05 Å². The quantitative estimate of drug-likeness (QED) is 0.698. The average molecular weight is 195 g/mol. The van der Waals surface area contributed by atoms with Gasteiger partial charge in [0.2, 0.25) is 0 Å². The molecule has 0 spiro atoms. The molecule has 0 aliphatic heterocycles. The minimum Gasteiger partial charge on any atom is -0.314 e. The van der Waals surface area contributed by atoms with Gasteiger partial charge in [0.1, 0.15) is 0 Å². The summed E-state index contributed by atoms with van der Waals surface area (Å²) in [6.45, 7) is 5.51. The zero-order chi connectivity index (χ0) is 10.6. The third-order valence-electron chi connectivity index (χ3n) is 3.32. The second kappa shape index (κ2) is 4.74. The van der Waals surface area contributed by atoms with E-state index < -0.39 is 0 Å². The van der Waals surface area contributed by atoms with Gasteiger partial charge in [0.05, 0.1) is 0 Å². The maximum absolute atomic E-state index is 11.6. The number of Topliss-reactive ketones (excluding diaryl/α,β-unsaturated/α-hetero) is 1. The molecule has 0 heterocycles. The summed E-state index contributed by atoms with van der Waals surface area (Å²) in [7, 11) is 1.97. The Morgan fingerprint density at radius 1 is 1.36 bits per heavy atom. The van der Waals surface area contributed by atoms with E-state index in [4.69, 9.17) is 0 Å². The number of carbonyl (C=O) groups excluding carboxylic acids is 1. The van der Waals surface area contributed by atoms with Gasteiger partial charge in [-0.3, -0.25) is 4.79 Å². The molecule has 0 aromatic heterocycles. The minimum absolute atomic E-state index is 0.0638. The van der Waals surface area contributed by atoms with Gasteiger partial charge in [-0.05, 0) is 32.4 Å². The van der Waals surface area contributed by atoms with Gasteiger partial charge in [0, 0.05) is 12.0 Å². The molecule has 1 fully saturated rings. The van der Waals surface area contributed by atoms with E-state index in [1.54, 1.807) is 6.92 Å². The molecule has 1 N–H and O–H groups in total. The van der Waals surface area contributed by atoms with Crippen molar-refractivity contribution in [2.45, 2.75) is 51.0 Å². The molecule has 1 saturated carbocycles. The second-order valence-corrected chi connectivity index (χ2v) is 4.47. The van der Waals surface area contributed by atoms with Gasteiger partial charge in [0.15, 0.2) is 5.78 Å². The molecular weight excluding hydrogens is 174 g/mol. The topological polar surface area (TPSA) is 29.1 Å². The van der Waals surface area contributed by atoms with Crippen LogP contribution in [0.5, 0.6) is 0 Å². The third-order valence-corrected chi connectivity index (χ3v) is 3.32. The Hall–Kier alpha value is -0.630. The molecule has 2 nitrogen and oxygen atoms in total. The molecule has 1 rings (SSSR count). The fraction of sp³-hybridized carbons (Fsp3) is 0.750. The molecule has 1 aliphatic rings. The summed E-state index contributed by atoms with van der Waals surface area (Å²) in [5, 5.41) is 3.34. The summed E-state index contributed by atoms with van der Waals surface area (Å²) < 4.78 is 0. The Labute approximate surface area is 86.8 Å². The lowest BCUT2D eigenvalue weighted by Crippen LogP contribution is -2.46. The molecule has 0 amide bonds. The molecule has 0 atom stereocenters. The average Bonchev–Trinajstić information content (AvgIpc) is 2.19. The first-order valence-electron chi connectivity index (χ1n) is 5.47. The van der Waals surface area contributed by atoms with Crippen LogP contribution in [0.15, 0.2) is 12.2 Å². The van der Waals surface area contributed by atoms with Crippen LogP contribution in [-0.2, 0) is 4.79 Å². The SMILES string of the molecule is C=C(C)C(=O)CC1(NC)CCCCC1. The van der Waals surface area contributed by atoms with Crippen molar-refractivity contribution in [1.82, 2.24) is 5.32 Å². The van der Waals surface area contributed by atoms with Crippen molar-refractivity contribution in [1.29, 1.82) is 0 Å². The van der Waals surface area contributed by atoms with Crippen LogP contribution in [0.25, 0.3) is 0 Å². The van der Waals surface area contributed by atoms with Gasteiger partial charge in [-0.25, -0.2) is 0 Å². The number of nitrogens with one attached hydrogen (secondary N) is 1. The van der Waals surface area contributed by atoms with E-state index in [0.29, 0.717) is 12.0 Å². The van der Waals surface area contributed by atoms with Crippen LogP contribution in [0, 0.1) is 0 Å². The van der Waals surface area contributed by atoms with E-state index in [1.165, 1.54) is 19.3 Å². The van der Waals surface area contributed by atoms with Gasteiger partial charge in [-0.15, -0.1) is 0 Å². The van der Waals surface area contributed by atoms with E-state index in [-0.39, 0.29) is 11.3 Å². The highest BCUT2D eigenvalue weighted by molar-refractivity contribution is 5.94. The van der Waals surface area contributed by atoms with Crippen molar-refractivity contribution in [3.63, 3.8) is 0 Å². The first kappa shape index (κ1) is 11.4. The fourth-order valence-corrected chi connectivity index (χ4v) is 2.20. The molecular formula is C12H21NO. The van der Waals surface area contributed by atoms with E-state index in [9.17, 15) is 4.79 Å².